The fourth-order valence-corrected chi connectivity index (χ4v) is 4.41. The molecular formula is C25H22N2O3. The van der Waals surface area contributed by atoms with E-state index in [1.165, 1.54) is 0 Å². The van der Waals surface area contributed by atoms with Crippen molar-refractivity contribution in [1.82, 2.24) is 4.98 Å². The van der Waals surface area contributed by atoms with Crippen molar-refractivity contribution in [3.63, 3.8) is 0 Å². The van der Waals surface area contributed by atoms with Gasteiger partial charge in [0.05, 0.1) is 12.2 Å². The van der Waals surface area contributed by atoms with Crippen LogP contribution in [0.25, 0.3) is 10.9 Å². The minimum absolute atomic E-state index is 0.326. The SMILES string of the molecule is Cc1[nH]c2ccccc2c1[C@@]1(O)C(=O)N(CCOc2ccccc2)c2ccccc21. The molecule has 0 spiro atoms. The van der Waals surface area contributed by atoms with Gasteiger partial charge in [0.1, 0.15) is 12.4 Å². The normalized spacial score (nSPS) is 18.1. The lowest BCUT2D eigenvalue weighted by Crippen LogP contribution is -2.43. The van der Waals surface area contributed by atoms with Crippen molar-refractivity contribution in [2.75, 3.05) is 18.1 Å². The first kappa shape index (κ1) is 18.5. The number of nitrogens with zero attached hydrogens (tertiary/aromatic N) is 1. The molecule has 1 aliphatic rings. The molecule has 3 aromatic carbocycles. The zero-order chi connectivity index (χ0) is 20.7. The third-order valence-electron chi connectivity index (χ3n) is 5.72. The fourth-order valence-electron chi connectivity index (χ4n) is 4.41. The predicted octanol–water partition coefficient (Wildman–Crippen LogP) is 4.14. The van der Waals surface area contributed by atoms with Gasteiger partial charge < -0.3 is 19.7 Å². The van der Waals surface area contributed by atoms with E-state index in [2.05, 4.69) is 4.98 Å². The van der Waals surface area contributed by atoms with Crippen molar-refractivity contribution >= 4 is 22.5 Å². The molecule has 5 rings (SSSR count). The molecule has 1 aliphatic heterocycles. The number of ether oxygens (including phenoxy) is 1. The van der Waals surface area contributed by atoms with Gasteiger partial charge in [-0.3, -0.25) is 4.79 Å². The molecule has 150 valence electrons. The second-order valence-corrected chi connectivity index (χ2v) is 7.52. The molecule has 0 radical (unpaired) electrons. The minimum atomic E-state index is -1.74. The molecule has 0 saturated heterocycles. The molecule has 5 nitrogen and oxygen atoms in total. The van der Waals surface area contributed by atoms with Crippen LogP contribution < -0.4 is 9.64 Å². The number of hydrogen-bond acceptors (Lipinski definition) is 3. The first-order valence-electron chi connectivity index (χ1n) is 10.00. The molecular weight excluding hydrogens is 376 g/mol. The van der Waals surface area contributed by atoms with Gasteiger partial charge in [-0.25, -0.2) is 0 Å². The summed E-state index contributed by atoms with van der Waals surface area (Å²) in [7, 11) is 0. The molecule has 0 fully saturated rings. The second kappa shape index (κ2) is 7.04. The maximum atomic E-state index is 13.6. The van der Waals surface area contributed by atoms with Crippen molar-refractivity contribution in [3.05, 3.63) is 95.7 Å². The van der Waals surface area contributed by atoms with Crippen LogP contribution in [0.5, 0.6) is 5.75 Å². The largest absolute Gasteiger partial charge is 0.492 e. The smallest absolute Gasteiger partial charge is 0.268 e. The molecule has 2 heterocycles. The molecule has 1 atom stereocenters. The lowest BCUT2D eigenvalue weighted by Gasteiger charge is -2.24. The van der Waals surface area contributed by atoms with Gasteiger partial charge in [0.15, 0.2) is 5.60 Å². The Morgan fingerprint density at radius 2 is 1.67 bits per heavy atom. The highest BCUT2D eigenvalue weighted by Crippen LogP contribution is 2.47. The first-order chi connectivity index (χ1) is 14.6. The summed E-state index contributed by atoms with van der Waals surface area (Å²) in [6.07, 6.45) is 0. The summed E-state index contributed by atoms with van der Waals surface area (Å²) < 4.78 is 5.80. The molecule has 0 bridgehead atoms. The van der Waals surface area contributed by atoms with Crippen molar-refractivity contribution < 1.29 is 14.6 Å². The molecule has 0 unspecified atom stereocenters. The Balaban J connectivity index is 1.54. The number of anilines is 1. The number of carbonyl (C=O) groups excluding carboxylic acids is 1. The summed E-state index contributed by atoms with van der Waals surface area (Å²) in [5.74, 6) is 0.397. The average Bonchev–Trinajstić information content (AvgIpc) is 3.22. The number of rotatable bonds is 5. The van der Waals surface area contributed by atoms with Crippen LogP contribution in [0.4, 0.5) is 5.69 Å². The van der Waals surface area contributed by atoms with Crippen molar-refractivity contribution in [1.29, 1.82) is 0 Å². The average molecular weight is 398 g/mol. The Morgan fingerprint density at radius 1 is 0.967 bits per heavy atom. The summed E-state index contributed by atoms with van der Waals surface area (Å²) in [5.41, 5.74) is 1.86. The Labute approximate surface area is 174 Å². The summed E-state index contributed by atoms with van der Waals surface area (Å²) in [6, 6.07) is 24.7. The number of amides is 1. The summed E-state index contributed by atoms with van der Waals surface area (Å²) in [6.45, 7) is 2.56. The molecule has 1 aromatic heterocycles. The Kier molecular flexibility index (Phi) is 4.33. The van der Waals surface area contributed by atoms with Gasteiger partial charge in [0.2, 0.25) is 0 Å². The molecule has 5 heteroatoms. The van der Waals surface area contributed by atoms with Gasteiger partial charge >= 0.3 is 0 Å². The number of aromatic nitrogens is 1. The number of aromatic amines is 1. The molecule has 4 aromatic rings. The maximum absolute atomic E-state index is 13.6. The van der Waals surface area contributed by atoms with E-state index in [0.717, 1.165) is 22.3 Å². The van der Waals surface area contributed by atoms with Crippen molar-refractivity contribution in [3.8, 4) is 5.75 Å². The summed E-state index contributed by atoms with van der Waals surface area (Å²) >= 11 is 0. The van der Waals surface area contributed by atoms with Crippen LogP contribution in [-0.2, 0) is 10.4 Å². The lowest BCUT2D eigenvalue weighted by atomic mass is 9.85. The lowest BCUT2D eigenvalue weighted by molar-refractivity contribution is -0.132. The van der Waals surface area contributed by atoms with Crippen LogP contribution in [0.2, 0.25) is 0 Å². The Hall–Kier alpha value is -3.57. The van der Waals surface area contributed by atoms with Crippen LogP contribution in [0.3, 0.4) is 0 Å². The number of aliphatic hydroxyl groups is 1. The summed E-state index contributed by atoms with van der Waals surface area (Å²) in [5, 5.41) is 12.7. The Bertz CT molecular complexity index is 1230. The fraction of sp³-hybridized carbons (Fsp3) is 0.160. The van der Waals surface area contributed by atoms with Crippen molar-refractivity contribution in [2.24, 2.45) is 0 Å². The van der Waals surface area contributed by atoms with E-state index in [1.807, 2.05) is 85.8 Å². The van der Waals surface area contributed by atoms with E-state index < -0.39 is 5.60 Å². The maximum Gasteiger partial charge on any atom is 0.268 e. The standard InChI is InChI=1S/C25H22N2O3/c1-17-23(19-11-5-7-13-21(19)26-17)25(29)20-12-6-8-14-22(20)27(24(25)28)15-16-30-18-9-3-2-4-10-18/h2-14,26,29H,15-16H2,1H3/t25-/m1/s1. The number of aryl methyl sites for hydroxylation is 1. The van der Waals surface area contributed by atoms with Gasteiger partial charge in [-0.05, 0) is 31.2 Å². The minimum Gasteiger partial charge on any atom is -0.492 e. The molecule has 0 aliphatic carbocycles. The third-order valence-corrected chi connectivity index (χ3v) is 5.72. The van der Waals surface area contributed by atoms with Crippen molar-refractivity contribution in [2.45, 2.75) is 12.5 Å². The van der Waals surface area contributed by atoms with E-state index in [9.17, 15) is 9.90 Å². The van der Waals surface area contributed by atoms with Gasteiger partial charge in [-0.2, -0.15) is 0 Å². The third kappa shape index (κ3) is 2.70. The van der Waals surface area contributed by atoms with Crippen LogP contribution in [0.15, 0.2) is 78.9 Å². The number of hydrogen-bond donors (Lipinski definition) is 2. The van der Waals surface area contributed by atoms with Gasteiger partial charge in [-0.1, -0.05) is 54.6 Å². The first-order valence-corrected chi connectivity index (χ1v) is 10.00. The number of H-pyrrole nitrogens is 1. The topological polar surface area (TPSA) is 65.6 Å². The molecule has 0 saturated carbocycles. The number of carbonyl (C=O) groups is 1. The van der Waals surface area contributed by atoms with E-state index in [0.29, 0.717) is 30.0 Å². The Morgan fingerprint density at radius 3 is 2.50 bits per heavy atom. The molecule has 30 heavy (non-hydrogen) atoms. The van der Waals surface area contributed by atoms with Gasteiger partial charge in [0, 0.05) is 27.7 Å². The predicted molar refractivity (Wildman–Crippen MR) is 117 cm³/mol. The van der Waals surface area contributed by atoms with Crippen LogP contribution in [0.1, 0.15) is 16.8 Å². The van der Waals surface area contributed by atoms with E-state index in [1.54, 1.807) is 4.90 Å². The van der Waals surface area contributed by atoms with Gasteiger partial charge in [0.25, 0.3) is 5.91 Å². The van der Waals surface area contributed by atoms with E-state index in [-0.39, 0.29) is 5.91 Å². The van der Waals surface area contributed by atoms with Gasteiger partial charge in [-0.15, -0.1) is 0 Å². The molecule has 2 N–H and O–H groups in total. The summed E-state index contributed by atoms with van der Waals surface area (Å²) in [4.78, 5) is 18.6. The highest BCUT2D eigenvalue weighted by atomic mass is 16.5. The second-order valence-electron chi connectivity index (χ2n) is 7.52. The monoisotopic (exact) mass is 398 g/mol. The number of nitrogens with one attached hydrogen (secondary N) is 1. The van der Waals surface area contributed by atoms with E-state index in [4.69, 9.17) is 4.74 Å². The zero-order valence-electron chi connectivity index (χ0n) is 16.6. The number of benzene rings is 3. The highest BCUT2D eigenvalue weighted by Gasteiger charge is 2.52. The zero-order valence-corrected chi connectivity index (χ0v) is 16.6. The van der Waals surface area contributed by atoms with Crippen LogP contribution >= 0.6 is 0 Å². The van der Waals surface area contributed by atoms with E-state index >= 15 is 0 Å². The quantitative estimate of drug-likeness (QED) is 0.531. The molecule has 1 amide bonds. The number of fused-ring (bicyclic) bond motifs is 2. The highest BCUT2D eigenvalue weighted by molar-refractivity contribution is 6.11. The van der Waals surface area contributed by atoms with Crippen LogP contribution in [-0.4, -0.2) is 29.1 Å². The van der Waals surface area contributed by atoms with Crippen LogP contribution in [0, 0.1) is 6.92 Å². The number of para-hydroxylation sites is 3.